The Kier molecular flexibility index (Phi) is 3.37. The monoisotopic (exact) mass is 244 g/mol. The summed E-state index contributed by atoms with van der Waals surface area (Å²) in [6, 6.07) is 7.21. The Labute approximate surface area is 105 Å². The number of nitrogens with two attached hydrogens (primary N) is 1. The summed E-state index contributed by atoms with van der Waals surface area (Å²) in [6.07, 6.45) is 1.74. The van der Waals surface area contributed by atoms with E-state index in [0.29, 0.717) is 30.0 Å². The quantitative estimate of drug-likeness (QED) is 0.662. The van der Waals surface area contributed by atoms with Crippen molar-refractivity contribution in [3.05, 3.63) is 53.2 Å². The van der Waals surface area contributed by atoms with E-state index in [1.54, 1.807) is 35.9 Å². The average molecular weight is 244 g/mol. The predicted octanol–water partition coefficient (Wildman–Crippen LogP) is 2.13. The highest BCUT2D eigenvalue weighted by atomic mass is 16.5. The predicted molar refractivity (Wildman–Crippen MR) is 73.4 cm³/mol. The number of pyridine rings is 1. The lowest BCUT2D eigenvalue weighted by Crippen LogP contribution is -2.21. The standard InChI is InChI=1S/C14H16N2O2/c1-10(2)18-9-8-16-7-6-11-12(14(16)17)4-3-5-13(11)15/h3-7H,1,8-9,15H2,2H3. The molecule has 4 heteroatoms. The summed E-state index contributed by atoms with van der Waals surface area (Å²) in [6.45, 7) is 6.36. The molecule has 0 radical (unpaired) electrons. The Balaban J connectivity index is 2.34. The third kappa shape index (κ3) is 2.37. The zero-order chi connectivity index (χ0) is 13.1. The number of hydrogen-bond acceptors (Lipinski definition) is 3. The minimum Gasteiger partial charge on any atom is -0.497 e. The van der Waals surface area contributed by atoms with Crippen molar-refractivity contribution in [1.82, 2.24) is 4.57 Å². The summed E-state index contributed by atoms with van der Waals surface area (Å²) in [5.41, 5.74) is 6.40. The topological polar surface area (TPSA) is 57.2 Å². The summed E-state index contributed by atoms with van der Waals surface area (Å²) < 4.78 is 6.87. The van der Waals surface area contributed by atoms with Gasteiger partial charge in [-0.2, -0.15) is 0 Å². The number of anilines is 1. The van der Waals surface area contributed by atoms with E-state index in [1.165, 1.54) is 0 Å². The van der Waals surface area contributed by atoms with Gasteiger partial charge < -0.3 is 15.0 Å². The van der Waals surface area contributed by atoms with Gasteiger partial charge in [0.1, 0.15) is 6.61 Å². The fourth-order valence-corrected chi connectivity index (χ4v) is 1.84. The second-order valence-electron chi connectivity index (χ2n) is 4.17. The van der Waals surface area contributed by atoms with Gasteiger partial charge in [0.2, 0.25) is 0 Å². The van der Waals surface area contributed by atoms with Crippen LogP contribution >= 0.6 is 0 Å². The van der Waals surface area contributed by atoms with Crippen LogP contribution in [0.25, 0.3) is 10.8 Å². The Hall–Kier alpha value is -2.23. The molecule has 2 N–H and O–H groups in total. The highest BCUT2D eigenvalue weighted by molar-refractivity contribution is 5.91. The van der Waals surface area contributed by atoms with Gasteiger partial charge in [-0.05, 0) is 25.1 Å². The molecule has 0 unspecified atom stereocenters. The molecular formula is C14H16N2O2. The van der Waals surface area contributed by atoms with E-state index in [-0.39, 0.29) is 5.56 Å². The lowest BCUT2D eigenvalue weighted by atomic mass is 10.1. The van der Waals surface area contributed by atoms with Crippen LogP contribution in [0.15, 0.2) is 47.6 Å². The molecule has 0 aliphatic carbocycles. The van der Waals surface area contributed by atoms with Crippen molar-refractivity contribution in [3.8, 4) is 0 Å². The number of allylic oxidation sites excluding steroid dienone is 1. The van der Waals surface area contributed by atoms with Gasteiger partial charge in [-0.15, -0.1) is 0 Å². The molecule has 0 saturated heterocycles. The van der Waals surface area contributed by atoms with Crippen LogP contribution < -0.4 is 11.3 Å². The van der Waals surface area contributed by atoms with Gasteiger partial charge >= 0.3 is 0 Å². The third-order valence-electron chi connectivity index (χ3n) is 2.73. The van der Waals surface area contributed by atoms with Crippen molar-refractivity contribution in [2.24, 2.45) is 0 Å². The lowest BCUT2D eigenvalue weighted by molar-refractivity contribution is 0.202. The van der Waals surface area contributed by atoms with Crippen molar-refractivity contribution in [2.75, 3.05) is 12.3 Å². The van der Waals surface area contributed by atoms with Crippen LogP contribution in [-0.4, -0.2) is 11.2 Å². The number of fused-ring (bicyclic) bond motifs is 1. The number of hydrogen-bond donors (Lipinski definition) is 1. The second-order valence-corrected chi connectivity index (χ2v) is 4.17. The zero-order valence-electron chi connectivity index (χ0n) is 10.3. The summed E-state index contributed by atoms with van der Waals surface area (Å²) in [5.74, 6) is 0.646. The number of aromatic nitrogens is 1. The highest BCUT2D eigenvalue weighted by Crippen LogP contribution is 2.16. The summed E-state index contributed by atoms with van der Waals surface area (Å²) in [4.78, 5) is 12.2. The van der Waals surface area contributed by atoms with Crippen molar-refractivity contribution in [2.45, 2.75) is 13.5 Å². The lowest BCUT2D eigenvalue weighted by Gasteiger charge is -2.09. The van der Waals surface area contributed by atoms with Crippen LogP contribution in [0.4, 0.5) is 5.69 Å². The van der Waals surface area contributed by atoms with Crippen LogP contribution in [-0.2, 0) is 11.3 Å². The smallest absolute Gasteiger partial charge is 0.258 e. The largest absolute Gasteiger partial charge is 0.497 e. The zero-order valence-corrected chi connectivity index (χ0v) is 10.3. The van der Waals surface area contributed by atoms with E-state index in [1.807, 2.05) is 6.07 Å². The Morgan fingerprint density at radius 2 is 2.17 bits per heavy atom. The van der Waals surface area contributed by atoms with Gasteiger partial charge in [-0.25, -0.2) is 0 Å². The number of rotatable bonds is 4. The molecular weight excluding hydrogens is 228 g/mol. The first-order valence-corrected chi connectivity index (χ1v) is 5.75. The molecule has 1 heterocycles. The second kappa shape index (κ2) is 4.96. The first kappa shape index (κ1) is 12.2. The van der Waals surface area contributed by atoms with Crippen LogP contribution in [0, 0.1) is 0 Å². The van der Waals surface area contributed by atoms with Crippen molar-refractivity contribution in [1.29, 1.82) is 0 Å². The van der Waals surface area contributed by atoms with Gasteiger partial charge in [0.15, 0.2) is 0 Å². The number of benzene rings is 1. The van der Waals surface area contributed by atoms with Crippen LogP contribution in [0.3, 0.4) is 0 Å². The van der Waals surface area contributed by atoms with Gasteiger partial charge in [0.25, 0.3) is 5.56 Å². The third-order valence-corrected chi connectivity index (χ3v) is 2.73. The first-order valence-electron chi connectivity index (χ1n) is 5.75. The van der Waals surface area contributed by atoms with Crippen LogP contribution in [0.5, 0.6) is 0 Å². The van der Waals surface area contributed by atoms with Gasteiger partial charge in [0, 0.05) is 22.7 Å². The van der Waals surface area contributed by atoms with E-state index < -0.39 is 0 Å². The highest BCUT2D eigenvalue weighted by Gasteiger charge is 2.04. The number of nitrogens with zero attached hydrogens (tertiary/aromatic N) is 1. The minimum absolute atomic E-state index is 0.0508. The molecule has 2 rings (SSSR count). The maximum absolute atomic E-state index is 12.2. The SMILES string of the molecule is C=C(C)OCCn1ccc2c(N)cccc2c1=O. The minimum atomic E-state index is -0.0508. The van der Waals surface area contributed by atoms with E-state index in [0.717, 1.165) is 5.39 Å². The van der Waals surface area contributed by atoms with Gasteiger partial charge in [-0.1, -0.05) is 12.6 Å². The molecule has 0 aliphatic rings. The molecule has 0 spiro atoms. The Bertz CT molecular complexity index is 644. The molecule has 0 aliphatic heterocycles. The number of nitrogen functional groups attached to an aromatic ring is 1. The first-order chi connectivity index (χ1) is 8.59. The Morgan fingerprint density at radius 3 is 2.89 bits per heavy atom. The maximum Gasteiger partial charge on any atom is 0.258 e. The van der Waals surface area contributed by atoms with Crippen molar-refractivity contribution < 1.29 is 4.74 Å². The van der Waals surface area contributed by atoms with Crippen molar-refractivity contribution >= 4 is 16.5 Å². The van der Waals surface area contributed by atoms with E-state index in [2.05, 4.69) is 6.58 Å². The molecule has 0 atom stereocenters. The van der Waals surface area contributed by atoms with E-state index in [9.17, 15) is 4.79 Å². The van der Waals surface area contributed by atoms with Crippen LogP contribution in [0.1, 0.15) is 6.92 Å². The molecule has 0 amide bonds. The molecule has 18 heavy (non-hydrogen) atoms. The molecule has 0 bridgehead atoms. The summed E-state index contributed by atoms with van der Waals surface area (Å²) in [7, 11) is 0. The van der Waals surface area contributed by atoms with Gasteiger partial charge in [0.05, 0.1) is 12.3 Å². The van der Waals surface area contributed by atoms with E-state index in [4.69, 9.17) is 10.5 Å². The molecule has 1 aromatic heterocycles. The molecule has 4 nitrogen and oxygen atoms in total. The molecule has 94 valence electrons. The normalized spacial score (nSPS) is 10.5. The fourth-order valence-electron chi connectivity index (χ4n) is 1.84. The fraction of sp³-hybridized carbons (Fsp3) is 0.214. The summed E-state index contributed by atoms with van der Waals surface area (Å²) in [5, 5.41) is 1.42. The van der Waals surface area contributed by atoms with Gasteiger partial charge in [-0.3, -0.25) is 4.79 Å². The summed E-state index contributed by atoms with van der Waals surface area (Å²) >= 11 is 0. The maximum atomic E-state index is 12.2. The molecule has 0 saturated carbocycles. The average Bonchev–Trinajstić information content (AvgIpc) is 2.32. The van der Waals surface area contributed by atoms with E-state index >= 15 is 0 Å². The van der Waals surface area contributed by atoms with Crippen LogP contribution in [0.2, 0.25) is 0 Å². The molecule has 0 fully saturated rings. The number of ether oxygens (including phenoxy) is 1. The Morgan fingerprint density at radius 1 is 1.39 bits per heavy atom. The molecule has 1 aromatic carbocycles. The van der Waals surface area contributed by atoms with Crippen molar-refractivity contribution in [3.63, 3.8) is 0 Å². The molecule has 2 aromatic rings.